The van der Waals surface area contributed by atoms with E-state index in [9.17, 15) is 20.2 Å². The van der Waals surface area contributed by atoms with Gasteiger partial charge in [-0.05, 0) is 97.1 Å². The molecule has 22 heteroatoms. The van der Waals surface area contributed by atoms with Crippen molar-refractivity contribution in [3.8, 4) is 44.5 Å². The Balaban J connectivity index is 0.000000208. The maximum atomic E-state index is 12.3. The van der Waals surface area contributed by atoms with Gasteiger partial charge in [0.25, 0.3) is 11.4 Å². The highest BCUT2D eigenvalue weighted by molar-refractivity contribution is 8.00. The zero-order valence-electron chi connectivity index (χ0n) is 35.0. The van der Waals surface area contributed by atoms with Crippen molar-refractivity contribution in [2.75, 3.05) is 22.9 Å². The number of nitro groups is 2. The Morgan fingerprint density at radius 2 is 0.586 bits per heavy atom. The largest absolute Gasteiger partial charge is 0.399 e. The summed E-state index contributed by atoms with van der Waals surface area (Å²) in [6, 6.07) is 32.4. The Labute approximate surface area is 458 Å². The first-order valence-electron chi connectivity index (χ1n) is 19.6. The second kappa shape index (κ2) is 22.4. The third-order valence-electron chi connectivity index (χ3n) is 10.1. The van der Waals surface area contributed by atoms with Gasteiger partial charge in [0.05, 0.1) is 81.0 Å². The Kier molecular flexibility index (Phi) is 17.0. The van der Waals surface area contributed by atoms with Crippen LogP contribution in [0, 0.1) is 20.2 Å². The summed E-state index contributed by atoms with van der Waals surface area (Å²) >= 11 is 66.7. The zero-order chi connectivity index (χ0) is 50.9. The summed E-state index contributed by atoms with van der Waals surface area (Å²) in [5.74, 6) is 0. The second-order valence-electron chi connectivity index (χ2n) is 14.7. The highest BCUT2D eigenvalue weighted by Gasteiger charge is 2.31. The number of hydrogen-bond donors (Lipinski definition) is 4. The Morgan fingerprint density at radius 3 is 0.871 bits per heavy atom. The van der Waals surface area contributed by atoms with Crippen molar-refractivity contribution in [3.05, 3.63) is 192 Å². The molecule has 0 aliphatic rings. The fourth-order valence-corrected chi connectivity index (χ4v) is 11.8. The van der Waals surface area contributed by atoms with Gasteiger partial charge in [0.2, 0.25) is 0 Å². The Bertz CT molecular complexity index is 3220. The number of hydrogen-bond acceptors (Lipinski definition) is 10. The van der Waals surface area contributed by atoms with Gasteiger partial charge in [0.1, 0.15) is 0 Å². The van der Waals surface area contributed by atoms with Gasteiger partial charge in [-0.1, -0.05) is 164 Å². The lowest BCUT2D eigenvalue weighted by Gasteiger charge is -2.18. The SMILES string of the molecule is Nc1ccc(-c2c(Cl)ccc(Sc3ccc(Cl)c(-c4ccc(N)cc4Cl)c3[N+](=O)[O-])c2[N+](=O)[O-])c(Cl)c1.Nc1ccc(-c2c(Sc3ccc(Cl)c(Cl)c3-c3ccc(N)cc3Cl)ccc(Cl)c2Cl)c(Cl)c1. The molecule has 0 amide bonds. The number of nitrogens with zero attached hydrogens (tertiary/aromatic N) is 2. The molecular formula is C48H28Cl10N6O4S2. The van der Waals surface area contributed by atoms with E-state index in [4.69, 9.17) is 139 Å². The normalized spacial score (nSPS) is 11.0. The van der Waals surface area contributed by atoms with Crippen LogP contribution in [0.4, 0.5) is 34.1 Å². The monoisotopic (exact) mass is 1170 g/mol. The molecule has 0 bridgehead atoms. The number of rotatable bonds is 10. The first kappa shape index (κ1) is 53.2. The molecular weight excluding hydrogens is 1140 g/mol. The quantitative estimate of drug-likeness (QED) is 0.0582. The van der Waals surface area contributed by atoms with Gasteiger partial charge in [0.15, 0.2) is 0 Å². The van der Waals surface area contributed by atoms with Gasteiger partial charge in [0, 0.05) is 65.9 Å². The van der Waals surface area contributed by atoms with Gasteiger partial charge in [-0.2, -0.15) is 0 Å². The first-order chi connectivity index (χ1) is 33.2. The second-order valence-corrected chi connectivity index (χ2v) is 20.9. The Hall–Kier alpha value is -4.64. The summed E-state index contributed by atoms with van der Waals surface area (Å²) in [4.78, 5) is 25.1. The standard InChI is InChI=1S/C24H14Cl6N2S.C24H14Cl4N4O4S/c25-15-5-7-19(21(23(15)29)13-3-1-11(31)9-17(13)27)33-20-8-6-16(26)24(30)22(20)14-4-2-12(32)10-18(14)28;25-15-5-7-19(23(31(33)34)21(15)13-3-1-11(29)9-17(13)27)37-20-8-6-16(26)22(24(20)32(35)36)14-4-2-12(30)10-18(14)28/h1-10H,31-32H2;1-10H,29-30H2. The van der Waals surface area contributed by atoms with Crippen LogP contribution in [0.5, 0.6) is 0 Å². The van der Waals surface area contributed by atoms with Crippen LogP contribution >= 0.6 is 140 Å². The van der Waals surface area contributed by atoms with E-state index in [-0.39, 0.29) is 63.5 Å². The predicted molar refractivity (Wildman–Crippen MR) is 297 cm³/mol. The van der Waals surface area contributed by atoms with Gasteiger partial charge in [-0.25, -0.2) is 0 Å². The summed E-state index contributed by atoms with van der Waals surface area (Å²) in [6.45, 7) is 0. The molecule has 0 aromatic heterocycles. The fourth-order valence-electron chi connectivity index (χ4n) is 7.05. The average molecular weight is 1170 g/mol. The van der Waals surface area contributed by atoms with E-state index in [0.29, 0.717) is 75.1 Å². The van der Waals surface area contributed by atoms with Crippen molar-refractivity contribution in [3.63, 3.8) is 0 Å². The lowest BCUT2D eigenvalue weighted by atomic mass is 10.0. The number of nitro benzene ring substituents is 2. The van der Waals surface area contributed by atoms with Crippen LogP contribution < -0.4 is 22.9 Å². The van der Waals surface area contributed by atoms with E-state index in [2.05, 4.69) is 0 Å². The summed E-state index contributed by atoms with van der Waals surface area (Å²) < 4.78 is 0. The number of nitrogens with two attached hydrogens (primary N) is 4. The van der Waals surface area contributed by atoms with E-state index in [0.717, 1.165) is 21.6 Å². The molecule has 0 spiro atoms. The molecule has 356 valence electrons. The Morgan fingerprint density at radius 1 is 0.329 bits per heavy atom. The predicted octanol–water partition coefficient (Wildman–Crippen LogP) is 19.0. The molecule has 0 saturated heterocycles. The van der Waals surface area contributed by atoms with E-state index in [1.165, 1.54) is 72.4 Å². The van der Waals surface area contributed by atoms with E-state index < -0.39 is 9.85 Å². The topological polar surface area (TPSA) is 190 Å². The van der Waals surface area contributed by atoms with Crippen molar-refractivity contribution in [2.45, 2.75) is 19.6 Å². The van der Waals surface area contributed by atoms with Crippen LogP contribution in [0.3, 0.4) is 0 Å². The number of anilines is 4. The third kappa shape index (κ3) is 11.3. The smallest absolute Gasteiger partial charge is 0.292 e. The molecule has 0 radical (unpaired) electrons. The minimum absolute atomic E-state index is 0.0556. The van der Waals surface area contributed by atoms with Gasteiger partial charge < -0.3 is 22.9 Å². The number of nitrogen functional groups attached to an aromatic ring is 4. The van der Waals surface area contributed by atoms with Crippen LogP contribution in [-0.2, 0) is 0 Å². The van der Waals surface area contributed by atoms with Crippen LogP contribution in [-0.4, -0.2) is 9.85 Å². The molecule has 0 aliphatic heterocycles. The van der Waals surface area contributed by atoms with Crippen molar-refractivity contribution >= 4 is 174 Å². The van der Waals surface area contributed by atoms with E-state index in [1.807, 2.05) is 24.3 Å². The molecule has 0 saturated carbocycles. The lowest BCUT2D eigenvalue weighted by Crippen LogP contribution is -1.99. The van der Waals surface area contributed by atoms with Crippen molar-refractivity contribution < 1.29 is 9.85 Å². The molecule has 0 fully saturated rings. The maximum Gasteiger partial charge on any atom is 0.292 e. The van der Waals surface area contributed by atoms with E-state index >= 15 is 0 Å². The summed E-state index contributed by atoms with van der Waals surface area (Å²) in [6.07, 6.45) is 0. The highest BCUT2D eigenvalue weighted by atomic mass is 35.5. The lowest BCUT2D eigenvalue weighted by molar-refractivity contribution is -0.387. The number of benzene rings is 8. The van der Waals surface area contributed by atoms with Crippen molar-refractivity contribution in [2.24, 2.45) is 0 Å². The third-order valence-corrected chi connectivity index (χ3v) is 15.9. The molecule has 8 N–H and O–H groups in total. The molecule has 8 rings (SSSR count). The van der Waals surface area contributed by atoms with Gasteiger partial charge >= 0.3 is 0 Å². The minimum atomic E-state index is -0.615. The van der Waals surface area contributed by atoms with Gasteiger partial charge in [-0.15, -0.1) is 0 Å². The van der Waals surface area contributed by atoms with Crippen LogP contribution in [0.2, 0.25) is 50.2 Å². The molecule has 0 unspecified atom stereocenters. The average Bonchev–Trinajstić information content (AvgIpc) is 3.28. The van der Waals surface area contributed by atoms with Crippen molar-refractivity contribution in [1.29, 1.82) is 0 Å². The van der Waals surface area contributed by atoms with Crippen LogP contribution in [0.25, 0.3) is 44.5 Å². The fraction of sp³-hybridized carbons (Fsp3) is 0. The van der Waals surface area contributed by atoms with E-state index in [1.54, 1.807) is 36.4 Å². The molecule has 8 aromatic carbocycles. The zero-order valence-corrected chi connectivity index (χ0v) is 44.2. The molecule has 70 heavy (non-hydrogen) atoms. The van der Waals surface area contributed by atoms with Crippen LogP contribution in [0.1, 0.15) is 0 Å². The molecule has 10 nitrogen and oxygen atoms in total. The molecule has 0 heterocycles. The summed E-state index contributed by atoms with van der Waals surface area (Å²) in [5.41, 5.74) is 27.8. The number of halogens is 10. The van der Waals surface area contributed by atoms with Crippen molar-refractivity contribution in [1.82, 2.24) is 0 Å². The summed E-state index contributed by atoms with van der Waals surface area (Å²) in [7, 11) is 0. The summed E-state index contributed by atoms with van der Waals surface area (Å²) in [5, 5.41) is 27.4. The first-order valence-corrected chi connectivity index (χ1v) is 25.0. The van der Waals surface area contributed by atoms with Gasteiger partial charge in [-0.3, -0.25) is 20.2 Å². The minimum Gasteiger partial charge on any atom is -0.399 e. The molecule has 0 aliphatic carbocycles. The molecule has 8 aromatic rings. The maximum absolute atomic E-state index is 12.3. The van der Waals surface area contributed by atoms with Crippen LogP contribution in [0.15, 0.2) is 141 Å². The molecule has 0 atom stereocenters. The highest BCUT2D eigenvalue weighted by Crippen LogP contribution is 2.53.